The lowest BCUT2D eigenvalue weighted by atomic mass is 9.77. The Morgan fingerprint density at radius 2 is 1.65 bits per heavy atom. The highest BCUT2D eigenvalue weighted by atomic mass is 16.5. The standard InChI is InChI=1S/C17H34N2O4/c1-6-7-8-17(3,16(21)23-12-10-19-5)13-14(2)15(20)22-11-9-18-4/h14,18-19H,6-13H2,1-5H3. The van der Waals surface area contributed by atoms with E-state index >= 15 is 0 Å². The Kier molecular flexibility index (Phi) is 11.7. The summed E-state index contributed by atoms with van der Waals surface area (Å²) in [5.74, 6) is -0.812. The number of rotatable bonds is 13. The minimum Gasteiger partial charge on any atom is -0.464 e. The fourth-order valence-corrected chi connectivity index (χ4v) is 2.43. The molecule has 0 aromatic rings. The van der Waals surface area contributed by atoms with Crippen LogP contribution in [0.4, 0.5) is 0 Å². The van der Waals surface area contributed by atoms with Gasteiger partial charge < -0.3 is 20.1 Å². The van der Waals surface area contributed by atoms with Crippen molar-refractivity contribution in [2.45, 2.75) is 46.5 Å². The van der Waals surface area contributed by atoms with Gasteiger partial charge in [-0.2, -0.15) is 0 Å². The quantitative estimate of drug-likeness (QED) is 0.396. The van der Waals surface area contributed by atoms with Crippen molar-refractivity contribution < 1.29 is 19.1 Å². The summed E-state index contributed by atoms with van der Waals surface area (Å²) in [5, 5.41) is 5.88. The molecule has 0 amide bonds. The summed E-state index contributed by atoms with van der Waals surface area (Å²) in [4.78, 5) is 24.5. The van der Waals surface area contributed by atoms with Crippen LogP contribution in [0.15, 0.2) is 0 Å². The Morgan fingerprint density at radius 3 is 2.17 bits per heavy atom. The van der Waals surface area contributed by atoms with Crippen LogP contribution in [0.5, 0.6) is 0 Å². The molecule has 2 N–H and O–H groups in total. The monoisotopic (exact) mass is 330 g/mol. The molecule has 23 heavy (non-hydrogen) atoms. The van der Waals surface area contributed by atoms with Gasteiger partial charge in [-0.3, -0.25) is 9.59 Å². The summed E-state index contributed by atoms with van der Waals surface area (Å²) in [6.45, 7) is 7.72. The molecule has 2 atom stereocenters. The van der Waals surface area contributed by atoms with Crippen molar-refractivity contribution >= 4 is 11.9 Å². The Hall–Kier alpha value is -1.14. The zero-order valence-electron chi connectivity index (χ0n) is 15.4. The predicted molar refractivity (Wildman–Crippen MR) is 91.2 cm³/mol. The Balaban J connectivity index is 4.67. The molecule has 2 unspecified atom stereocenters. The summed E-state index contributed by atoms with van der Waals surface area (Å²) in [5.41, 5.74) is -0.648. The molecule has 0 radical (unpaired) electrons. The van der Waals surface area contributed by atoms with Gasteiger partial charge in [0, 0.05) is 13.1 Å². The maximum atomic E-state index is 12.5. The van der Waals surface area contributed by atoms with Gasteiger partial charge in [-0.1, -0.05) is 26.7 Å². The molecule has 0 aliphatic rings. The van der Waals surface area contributed by atoms with Crippen LogP contribution in [0.25, 0.3) is 0 Å². The second kappa shape index (κ2) is 12.3. The van der Waals surface area contributed by atoms with Gasteiger partial charge >= 0.3 is 11.9 Å². The zero-order chi connectivity index (χ0) is 17.7. The van der Waals surface area contributed by atoms with Gasteiger partial charge in [0.05, 0.1) is 11.3 Å². The number of hydrogen-bond donors (Lipinski definition) is 2. The SMILES string of the molecule is CCCCC(C)(CC(C)C(=O)OCCNC)C(=O)OCCNC. The van der Waals surface area contributed by atoms with E-state index in [1.807, 2.05) is 20.9 Å². The summed E-state index contributed by atoms with van der Waals surface area (Å²) >= 11 is 0. The normalized spacial score (nSPS) is 14.8. The molecule has 136 valence electrons. The first-order valence-corrected chi connectivity index (χ1v) is 8.54. The molecule has 0 rings (SSSR count). The van der Waals surface area contributed by atoms with Gasteiger partial charge in [-0.25, -0.2) is 0 Å². The van der Waals surface area contributed by atoms with Crippen molar-refractivity contribution in [2.75, 3.05) is 40.4 Å². The number of esters is 2. The lowest BCUT2D eigenvalue weighted by Gasteiger charge is -2.29. The molecule has 6 nitrogen and oxygen atoms in total. The smallest absolute Gasteiger partial charge is 0.311 e. The molecular formula is C17H34N2O4. The van der Waals surface area contributed by atoms with E-state index < -0.39 is 5.41 Å². The molecule has 0 saturated carbocycles. The van der Waals surface area contributed by atoms with Crippen LogP contribution < -0.4 is 10.6 Å². The number of carbonyl (C=O) groups is 2. The van der Waals surface area contributed by atoms with Crippen molar-refractivity contribution in [3.63, 3.8) is 0 Å². The van der Waals surface area contributed by atoms with E-state index in [1.165, 1.54) is 0 Å². The highest BCUT2D eigenvalue weighted by Gasteiger charge is 2.37. The van der Waals surface area contributed by atoms with Crippen LogP contribution in [0.2, 0.25) is 0 Å². The van der Waals surface area contributed by atoms with Gasteiger partial charge in [0.25, 0.3) is 0 Å². The molecule has 0 fully saturated rings. The van der Waals surface area contributed by atoms with E-state index in [1.54, 1.807) is 7.05 Å². The van der Waals surface area contributed by atoms with Gasteiger partial charge in [-0.05, 0) is 33.9 Å². The Bertz CT molecular complexity index is 349. The summed E-state index contributed by atoms with van der Waals surface area (Å²) in [7, 11) is 3.62. The first kappa shape index (κ1) is 21.9. The highest BCUT2D eigenvalue weighted by molar-refractivity contribution is 5.78. The first-order chi connectivity index (χ1) is 10.9. The van der Waals surface area contributed by atoms with Gasteiger partial charge in [0.2, 0.25) is 0 Å². The third kappa shape index (κ3) is 8.91. The highest BCUT2D eigenvalue weighted by Crippen LogP contribution is 2.34. The molecule has 0 heterocycles. The second-order valence-electron chi connectivity index (χ2n) is 6.28. The number of likely N-dealkylation sites (N-methyl/N-ethyl adjacent to an activating group) is 2. The van der Waals surface area contributed by atoms with Crippen LogP contribution >= 0.6 is 0 Å². The lowest BCUT2D eigenvalue weighted by molar-refractivity contribution is -0.158. The van der Waals surface area contributed by atoms with Crippen LogP contribution in [0.1, 0.15) is 46.5 Å². The van der Waals surface area contributed by atoms with Gasteiger partial charge in [0.1, 0.15) is 13.2 Å². The molecule has 0 bridgehead atoms. The van der Waals surface area contributed by atoms with Crippen LogP contribution in [0, 0.1) is 11.3 Å². The first-order valence-electron chi connectivity index (χ1n) is 8.54. The van der Waals surface area contributed by atoms with Crippen LogP contribution in [-0.2, 0) is 19.1 Å². The van der Waals surface area contributed by atoms with Crippen molar-refractivity contribution in [1.29, 1.82) is 0 Å². The molecule has 0 saturated heterocycles. The largest absolute Gasteiger partial charge is 0.464 e. The van der Waals surface area contributed by atoms with Crippen molar-refractivity contribution in [1.82, 2.24) is 10.6 Å². The maximum Gasteiger partial charge on any atom is 0.311 e. The minimum atomic E-state index is -0.648. The fraction of sp³-hybridized carbons (Fsp3) is 0.882. The zero-order valence-corrected chi connectivity index (χ0v) is 15.4. The molecule has 0 aromatic heterocycles. The fourth-order valence-electron chi connectivity index (χ4n) is 2.43. The molecule has 6 heteroatoms. The number of unbranched alkanes of at least 4 members (excludes halogenated alkanes) is 1. The molecular weight excluding hydrogens is 296 g/mol. The third-order valence-corrected chi connectivity index (χ3v) is 3.92. The average molecular weight is 330 g/mol. The number of carbonyl (C=O) groups excluding carboxylic acids is 2. The summed E-state index contributed by atoms with van der Waals surface area (Å²) in [6, 6.07) is 0. The molecule has 0 aromatic carbocycles. The average Bonchev–Trinajstić information content (AvgIpc) is 2.53. The minimum absolute atomic E-state index is 0.226. The van der Waals surface area contributed by atoms with Crippen molar-refractivity contribution in [3.8, 4) is 0 Å². The summed E-state index contributed by atoms with van der Waals surface area (Å²) in [6.07, 6.45) is 3.10. The topological polar surface area (TPSA) is 76.7 Å². The number of ether oxygens (including phenoxy) is 2. The summed E-state index contributed by atoms with van der Waals surface area (Å²) < 4.78 is 10.6. The van der Waals surface area contributed by atoms with E-state index in [0.717, 1.165) is 19.3 Å². The van der Waals surface area contributed by atoms with E-state index in [-0.39, 0.29) is 17.9 Å². The lowest BCUT2D eigenvalue weighted by Crippen LogP contribution is -2.35. The van der Waals surface area contributed by atoms with Gasteiger partial charge in [-0.15, -0.1) is 0 Å². The molecule has 0 spiro atoms. The van der Waals surface area contributed by atoms with Crippen LogP contribution in [0.3, 0.4) is 0 Å². The number of nitrogens with one attached hydrogen (secondary N) is 2. The molecule has 0 aliphatic heterocycles. The Labute approximate surface area is 140 Å². The van der Waals surface area contributed by atoms with Gasteiger partial charge in [0.15, 0.2) is 0 Å². The number of hydrogen-bond acceptors (Lipinski definition) is 6. The van der Waals surface area contributed by atoms with E-state index in [2.05, 4.69) is 17.6 Å². The van der Waals surface area contributed by atoms with Crippen molar-refractivity contribution in [2.24, 2.45) is 11.3 Å². The van der Waals surface area contributed by atoms with Crippen molar-refractivity contribution in [3.05, 3.63) is 0 Å². The Morgan fingerprint density at radius 1 is 1.09 bits per heavy atom. The molecule has 0 aliphatic carbocycles. The third-order valence-electron chi connectivity index (χ3n) is 3.92. The predicted octanol–water partition coefficient (Wildman–Crippen LogP) is 1.73. The van der Waals surface area contributed by atoms with E-state index in [9.17, 15) is 9.59 Å². The maximum absolute atomic E-state index is 12.5. The van der Waals surface area contributed by atoms with E-state index in [0.29, 0.717) is 32.7 Å². The van der Waals surface area contributed by atoms with Crippen LogP contribution in [-0.4, -0.2) is 52.3 Å². The van der Waals surface area contributed by atoms with E-state index in [4.69, 9.17) is 9.47 Å². The second-order valence-corrected chi connectivity index (χ2v) is 6.28.